The van der Waals surface area contributed by atoms with Gasteiger partial charge in [0, 0.05) is 31.9 Å². The molecule has 27 heavy (non-hydrogen) atoms. The van der Waals surface area contributed by atoms with E-state index < -0.39 is 5.97 Å². The lowest BCUT2D eigenvalue weighted by Crippen LogP contribution is -2.49. The Labute approximate surface area is 161 Å². The number of ether oxygens (including phenoxy) is 1. The molecule has 1 aliphatic rings. The topological polar surface area (TPSA) is 73.6 Å². The molecule has 1 heterocycles. The van der Waals surface area contributed by atoms with Gasteiger partial charge < -0.3 is 14.5 Å². The zero-order chi connectivity index (χ0) is 20.0. The third-order valence-electron chi connectivity index (χ3n) is 4.87. The van der Waals surface area contributed by atoms with Crippen LogP contribution in [0.25, 0.3) is 6.08 Å². The number of carbonyl (C=O) groups excluding carboxylic acids is 2. The zero-order valence-electron chi connectivity index (χ0n) is 16.4. The smallest absolute Gasteiger partial charge is 0.349 e. The molecule has 0 aromatic heterocycles. The number of carbonyl (C=O) groups is 2. The van der Waals surface area contributed by atoms with Crippen molar-refractivity contribution < 1.29 is 14.3 Å². The fourth-order valence-corrected chi connectivity index (χ4v) is 3.36. The Hall–Kier alpha value is -2.81. The fourth-order valence-electron chi connectivity index (χ4n) is 3.36. The van der Waals surface area contributed by atoms with Gasteiger partial charge in [0.05, 0.1) is 0 Å². The molecule has 0 unspecified atom stereocenters. The van der Waals surface area contributed by atoms with Crippen LogP contribution < -0.4 is 4.90 Å². The van der Waals surface area contributed by atoms with Gasteiger partial charge in [-0.05, 0) is 56.9 Å². The quantitative estimate of drug-likeness (QED) is 0.453. The molecule has 1 aliphatic heterocycles. The first-order valence-electron chi connectivity index (χ1n) is 9.21. The first-order valence-corrected chi connectivity index (χ1v) is 9.21. The molecule has 0 bridgehead atoms. The summed E-state index contributed by atoms with van der Waals surface area (Å²) in [6.07, 6.45) is 4.48. The van der Waals surface area contributed by atoms with Crippen molar-refractivity contribution in [2.75, 3.05) is 25.6 Å². The minimum absolute atomic E-state index is 0.125. The molecular weight excluding hydrogens is 342 g/mol. The van der Waals surface area contributed by atoms with Crippen molar-refractivity contribution in [3.8, 4) is 6.07 Å². The third-order valence-corrected chi connectivity index (χ3v) is 4.87. The molecular formula is C21H27N3O3. The number of likely N-dealkylation sites (tertiary alicyclic amines) is 1. The molecule has 1 fully saturated rings. The lowest BCUT2D eigenvalue weighted by Gasteiger charge is -2.38. The van der Waals surface area contributed by atoms with Gasteiger partial charge in [-0.1, -0.05) is 12.1 Å². The summed E-state index contributed by atoms with van der Waals surface area (Å²) in [5, 5.41) is 9.28. The monoisotopic (exact) mass is 369 g/mol. The summed E-state index contributed by atoms with van der Waals surface area (Å²) in [6.45, 7) is 3.67. The van der Waals surface area contributed by atoms with Crippen LogP contribution in [0.2, 0.25) is 0 Å². The van der Waals surface area contributed by atoms with Crippen LogP contribution in [0.1, 0.15) is 38.7 Å². The molecule has 144 valence electrons. The van der Waals surface area contributed by atoms with Crippen LogP contribution in [-0.4, -0.2) is 49.6 Å². The Kier molecular flexibility index (Phi) is 7.00. The van der Waals surface area contributed by atoms with E-state index in [4.69, 9.17) is 4.74 Å². The van der Waals surface area contributed by atoms with Crippen molar-refractivity contribution in [3.63, 3.8) is 0 Å². The van der Waals surface area contributed by atoms with E-state index in [9.17, 15) is 14.9 Å². The number of hydrogen-bond acceptors (Lipinski definition) is 5. The molecule has 0 saturated carbocycles. The van der Waals surface area contributed by atoms with Crippen LogP contribution in [0.3, 0.4) is 0 Å². The molecule has 1 amide bonds. The van der Waals surface area contributed by atoms with Gasteiger partial charge in [-0.15, -0.1) is 0 Å². The summed E-state index contributed by atoms with van der Waals surface area (Å²) in [5.74, 6) is -0.990. The molecule has 6 heteroatoms. The molecule has 1 saturated heterocycles. The molecule has 1 aromatic carbocycles. The highest BCUT2D eigenvalue weighted by Crippen LogP contribution is 2.22. The first kappa shape index (κ1) is 20.5. The summed E-state index contributed by atoms with van der Waals surface area (Å²) >= 11 is 0. The van der Waals surface area contributed by atoms with E-state index in [1.54, 1.807) is 4.90 Å². The Morgan fingerprint density at radius 2 is 1.81 bits per heavy atom. The van der Waals surface area contributed by atoms with Gasteiger partial charge in [-0.3, -0.25) is 4.79 Å². The maximum Gasteiger partial charge on any atom is 0.349 e. The summed E-state index contributed by atoms with van der Waals surface area (Å²) in [5.41, 5.74) is 1.61. The molecule has 6 nitrogen and oxygen atoms in total. The van der Waals surface area contributed by atoms with Crippen molar-refractivity contribution in [1.82, 2.24) is 4.90 Å². The zero-order valence-corrected chi connectivity index (χ0v) is 16.4. The molecule has 0 radical (unpaired) electrons. The van der Waals surface area contributed by atoms with Crippen molar-refractivity contribution in [2.24, 2.45) is 0 Å². The van der Waals surface area contributed by atoms with E-state index in [-0.39, 0.29) is 30.2 Å². The van der Waals surface area contributed by atoms with E-state index in [0.717, 1.165) is 30.5 Å². The van der Waals surface area contributed by atoms with Crippen LogP contribution in [0.5, 0.6) is 0 Å². The van der Waals surface area contributed by atoms with Crippen LogP contribution in [0.15, 0.2) is 29.8 Å². The highest BCUT2D eigenvalue weighted by atomic mass is 16.5. The first-order chi connectivity index (χ1) is 12.8. The second-order valence-corrected chi connectivity index (χ2v) is 7.16. The van der Waals surface area contributed by atoms with E-state index in [2.05, 4.69) is 0 Å². The second kappa shape index (κ2) is 9.22. The number of amides is 1. The predicted molar refractivity (Wildman–Crippen MR) is 105 cm³/mol. The second-order valence-electron chi connectivity index (χ2n) is 7.16. The molecule has 2 rings (SSSR count). The van der Waals surface area contributed by atoms with Gasteiger partial charge in [-0.25, -0.2) is 4.79 Å². The molecule has 2 atom stereocenters. The summed E-state index contributed by atoms with van der Waals surface area (Å²) in [4.78, 5) is 28.4. The highest BCUT2D eigenvalue weighted by molar-refractivity contribution is 5.98. The number of nitriles is 1. The minimum Gasteiger partial charge on any atom is -0.451 e. The van der Waals surface area contributed by atoms with Gasteiger partial charge in [0.2, 0.25) is 0 Å². The van der Waals surface area contributed by atoms with Gasteiger partial charge in [0.15, 0.2) is 6.61 Å². The van der Waals surface area contributed by atoms with Crippen LogP contribution in [0.4, 0.5) is 5.69 Å². The Morgan fingerprint density at radius 3 is 2.33 bits per heavy atom. The highest BCUT2D eigenvalue weighted by Gasteiger charge is 2.29. The van der Waals surface area contributed by atoms with Crippen molar-refractivity contribution in [2.45, 2.75) is 45.2 Å². The van der Waals surface area contributed by atoms with Gasteiger partial charge in [0.25, 0.3) is 5.91 Å². The number of benzene rings is 1. The number of rotatable bonds is 5. The standard InChI is InChI=1S/C21H27N3O3/c1-15-6-5-7-16(2)24(15)20(25)14-27-21(26)18(13-22)12-17-8-10-19(11-9-17)23(3)4/h8-12,15-16H,5-7,14H2,1-4H3/b18-12+/t15-,16-/m1/s1. The SMILES string of the molecule is C[C@@H]1CCC[C@@H](C)N1C(=O)COC(=O)/C(C#N)=C/c1ccc(N(C)C)cc1. The van der Waals surface area contributed by atoms with Gasteiger partial charge >= 0.3 is 5.97 Å². The number of hydrogen-bond donors (Lipinski definition) is 0. The van der Waals surface area contributed by atoms with Crippen LogP contribution in [-0.2, 0) is 14.3 Å². The Balaban J connectivity index is 2.00. The van der Waals surface area contributed by atoms with E-state index in [1.165, 1.54) is 6.08 Å². The summed E-state index contributed by atoms with van der Waals surface area (Å²) in [7, 11) is 3.87. The Bertz CT molecular complexity index is 737. The van der Waals surface area contributed by atoms with Crippen LogP contribution in [0, 0.1) is 11.3 Å². The number of anilines is 1. The van der Waals surface area contributed by atoms with E-state index in [1.807, 2.05) is 63.2 Å². The van der Waals surface area contributed by atoms with Gasteiger partial charge in [-0.2, -0.15) is 5.26 Å². The lowest BCUT2D eigenvalue weighted by atomic mass is 9.97. The summed E-state index contributed by atoms with van der Waals surface area (Å²) in [6, 6.07) is 9.58. The maximum absolute atomic E-state index is 12.4. The van der Waals surface area contributed by atoms with E-state index in [0.29, 0.717) is 0 Å². The predicted octanol–water partition coefficient (Wildman–Crippen LogP) is 2.99. The average Bonchev–Trinajstić information content (AvgIpc) is 2.64. The Morgan fingerprint density at radius 1 is 1.22 bits per heavy atom. The fraction of sp³-hybridized carbons (Fsp3) is 0.476. The molecule has 1 aromatic rings. The van der Waals surface area contributed by atoms with Crippen molar-refractivity contribution >= 4 is 23.6 Å². The van der Waals surface area contributed by atoms with E-state index >= 15 is 0 Å². The molecule has 0 N–H and O–H groups in total. The van der Waals surface area contributed by atoms with Crippen LogP contribution >= 0.6 is 0 Å². The lowest BCUT2D eigenvalue weighted by molar-refractivity contribution is -0.151. The largest absolute Gasteiger partial charge is 0.451 e. The number of piperidine rings is 1. The third kappa shape index (κ3) is 5.33. The van der Waals surface area contributed by atoms with Crippen molar-refractivity contribution in [1.29, 1.82) is 5.26 Å². The number of nitrogens with zero attached hydrogens (tertiary/aromatic N) is 3. The number of esters is 1. The average molecular weight is 369 g/mol. The summed E-state index contributed by atoms with van der Waals surface area (Å²) < 4.78 is 5.11. The maximum atomic E-state index is 12.4. The minimum atomic E-state index is -0.778. The van der Waals surface area contributed by atoms with Gasteiger partial charge in [0.1, 0.15) is 11.6 Å². The molecule has 0 spiro atoms. The molecule has 0 aliphatic carbocycles. The van der Waals surface area contributed by atoms with Crippen molar-refractivity contribution in [3.05, 3.63) is 35.4 Å². The normalized spacial score (nSPS) is 20.0.